The van der Waals surface area contributed by atoms with E-state index in [4.69, 9.17) is 12.2 Å². The van der Waals surface area contributed by atoms with Crippen molar-refractivity contribution in [2.24, 2.45) is 0 Å². The minimum atomic E-state index is -0.511. The summed E-state index contributed by atoms with van der Waals surface area (Å²) in [6.07, 6.45) is 0. The van der Waals surface area contributed by atoms with Gasteiger partial charge in [0.2, 0.25) is 5.91 Å². The Balaban J connectivity index is 1.45. The second-order valence-corrected chi connectivity index (χ2v) is 8.51. The van der Waals surface area contributed by atoms with Gasteiger partial charge >= 0.3 is 0 Å². The van der Waals surface area contributed by atoms with E-state index in [9.17, 15) is 9.59 Å². The summed E-state index contributed by atoms with van der Waals surface area (Å²) in [5.41, 5.74) is 4.59. The topological polar surface area (TPSA) is 70.2 Å². The number of benzene rings is 4. The van der Waals surface area contributed by atoms with E-state index < -0.39 is 5.92 Å². The molecule has 4 aromatic rings. The van der Waals surface area contributed by atoms with Crippen LogP contribution in [0.4, 0.5) is 11.4 Å². The van der Waals surface area contributed by atoms with Gasteiger partial charge in [-0.1, -0.05) is 78.9 Å². The Morgan fingerprint density at radius 3 is 1.86 bits per heavy atom. The lowest BCUT2D eigenvalue weighted by Gasteiger charge is -2.19. The molecule has 35 heavy (non-hydrogen) atoms. The number of hydrogen-bond donors (Lipinski definition) is 3. The third kappa shape index (κ3) is 6.40. The van der Waals surface area contributed by atoms with Crippen molar-refractivity contribution in [3.8, 4) is 0 Å². The fraction of sp³-hybridized carbons (Fsp3) is 0.0690. The van der Waals surface area contributed by atoms with Crippen molar-refractivity contribution in [1.29, 1.82) is 0 Å². The lowest BCUT2D eigenvalue weighted by molar-refractivity contribution is -0.120. The summed E-state index contributed by atoms with van der Waals surface area (Å²) in [5.74, 6) is -0.987. The van der Waals surface area contributed by atoms with Gasteiger partial charge in [-0.25, -0.2) is 0 Å². The van der Waals surface area contributed by atoms with Crippen LogP contribution >= 0.6 is 12.2 Å². The van der Waals surface area contributed by atoms with Gasteiger partial charge in [0.25, 0.3) is 5.91 Å². The van der Waals surface area contributed by atoms with E-state index in [1.807, 2.05) is 91.9 Å². The number of carbonyl (C=O) groups excluding carboxylic acids is 2. The van der Waals surface area contributed by atoms with Crippen LogP contribution in [0.15, 0.2) is 109 Å². The monoisotopic (exact) mass is 479 g/mol. The summed E-state index contributed by atoms with van der Waals surface area (Å²) in [6.45, 7) is 1.97. The zero-order valence-electron chi connectivity index (χ0n) is 19.2. The van der Waals surface area contributed by atoms with Crippen molar-refractivity contribution >= 4 is 40.5 Å². The van der Waals surface area contributed by atoms with Crippen molar-refractivity contribution in [3.05, 3.63) is 131 Å². The number of aryl methyl sites for hydroxylation is 1. The van der Waals surface area contributed by atoms with Gasteiger partial charge in [-0.3, -0.25) is 9.59 Å². The summed E-state index contributed by atoms with van der Waals surface area (Å²) >= 11 is 5.42. The molecular weight excluding hydrogens is 454 g/mol. The molecule has 0 atom stereocenters. The van der Waals surface area contributed by atoms with Crippen molar-refractivity contribution in [1.82, 2.24) is 5.32 Å². The normalized spacial score (nSPS) is 10.5. The predicted molar refractivity (Wildman–Crippen MR) is 145 cm³/mol. The van der Waals surface area contributed by atoms with Crippen LogP contribution in [-0.2, 0) is 4.79 Å². The molecule has 0 unspecified atom stereocenters. The highest BCUT2D eigenvalue weighted by atomic mass is 32.1. The molecule has 0 aliphatic heterocycles. The van der Waals surface area contributed by atoms with Crippen LogP contribution in [0.1, 0.15) is 33.0 Å². The first-order chi connectivity index (χ1) is 17.0. The Bertz CT molecular complexity index is 1300. The van der Waals surface area contributed by atoms with Gasteiger partial charge in [-0.2, -0.15) is 0 Å². The molecule has 2 amide bonds. The number of amides is 2. The fourth-order valence-electron chi connectivity index (χ4n) is 3.80. The van der Waals surface area contributed by atoms with E-state index in [0.29, 0.717) is 11.3 Å². The Hall–Kier alpha value is -4.29. The second-order valence-electron chi connectivity index (χ2n) is 8.10. The van der Waals surface area contributed by atoms with E-state index in [2.05, 4.69) is 16.0 Å². The van der Waals surface area contributed by atoms with Gasteiger partial charge in [-0.05, 0) is 66.2 Å². The highest BCUT2D eigenvalue weighted by Gasteiger charge is 2.23. The van der Waals surface area contributed by atoms with Crippen molar-refractivity contribution in [2.75, 3.05) is 10.6 Å². The van der Waals surface area contributed by atoms with Crippen LogP contribution in [0.25, 0.3) is 0 Å². The van der Waals surface area contributed by atoms with E-state index in [1.54, 1.807) is 24.3 Å². The molecule has 0 aliphatic rings. The maximum atomic E-state index is 13.2. The van der Waals surface area contributed by atoms with E-state index in [0.717, 1.165) is 22.4 Å². The molecule has 0 saturated carbocycles. The SMILES string of the molecule is Cc1cccc(NC(=O)c2cccc(NC(=S)NC(=O)C(c3ccccc3)c3ccccc3)c2)c1. The number of thiocarbonyl (C=S) groups is 1. The molecule has 0 radical (unpaired) electrons. The number of carbonyl (C=O) groups is 2. The average molecular weight is 480 g/mol. The van der Waals surface area contributed by atoms with Gasteiger partial charge in [0.05, 0.1) is 5.92 Å². The smallest absolute Gasteiger partial charge is 0.255 e. The lowest BCUT2D eigenvalue weighted by atomic mass is 9.90. The number of rotatable bonds is 6. The highest BCUT2D eigenvalue weighted by Crippen LogP contribution is 2.25. The maximum absolute atomic E-state index is 13.2. The molecule has 0 bridgehead atoms. The molecule has 0 aliphatic carbocycles. The number of anilines is 2. The molecule has 5 nitrogen and oxygen atoms in total. The van der Waals surface area contributed by atoms with Gasteiger partial charge in [0.1, 0.15) is 0 Å². The molecule has 0 heterocycles. The summed E-state index contributed by atoms with van der Waals surface area (Å²) < 4.78 is 0. The van der Waals surface area contributed by atoms with Crippen LogP contribution in [0, 0.1) is 6.92 Å². The molecule has 3 N–H and O–H groups in total. The molecule has 4 rings (SSSR count). The lowest BCUT2D eigenvalue weighted by Crippen LogP contribution is -2.37. The zero-order valence-corrected chi connectivity index (χ0v) is 20.0. The molecule has 0 saturated heterocycles. The van der Waals surface area contributed by atoms with E-state index >= 15 is 0 Å². The van der Waals surface area contributed by atoms with Crippen molar-refractivity contribution in [2.45, 2.75) is 12.8 Å². The standard InChI is InChI=1S/C29H25N3O2S/c1-20-10-8-16-24(18-20)30-27(33)23-15-9-17-25(19-23)31-29(35)32-28(34)26(21-11-4-2-5-12-21)22-13-6-3-7-14-22/h2-19,26H,1H3,(H,30,33)(H2,31,32,34,35). The molecule has 6 heteroatoms. The Labute approximate surface area is 210 Å². The van der Waals surface area contributed by atoms with Crippen molar-refractivity contribution in [3.63, 3.8) is 0 Å². The summed E-state index contributed by atoms with van der Waals surface area (Å²) in [5, 5.41) is 8.87. The Morgan fingerprint density at radius 1 is 0.686 bits per heavy atom. The van der Waals surface area contributed by atoms with E-state index in [1.165, 1.54) is 0 Å². The third-order valence-corrected chi connectivity index (χ3v) is 5.63. The predicted octanol–water partition coefficient (Wildman–Crippen LogP) is 5.89. The number of nitrogens with one attached hydrogen (secondary N) is 3. The Morgan fingerprint density at radius 2 is 1.26 bits per heavy atom. The minimum Gasteiger partial charge on any atom is -0.332 e. The Kier molecular flexibility index (Phi) is 7.65. The van der Waals surface area contributed by atoms with Crippen LogP contribution in [0.3, 0.4) is 0 Å². The molecule has 0 aromatic heterocycles. The van der Waals surface area contributed by atoms with Crippen molar-refractivity contribution < 1.29 is 9.59 Å². The highest BCUT2D eigenvalue weighted by molar-refractivity contribution is 7.80. The van der Waals surface area contributed by atoms with Gasteiger partial charge in [0.15, 0.2) is 5.11 Å². The van der Waals surface area contributed by atoms with E-state index in [-0.39, 0.29) is 16.9 Å². The molecular formula is C29H25N3O2S. The van der Waals surface area contributed by atoms with Gasteiger partial charge in [-0.15, -0.1) is 0 Å². The van der Waals surface area contributed by atoms with Gasteiger partial charge in [0, 0.05) is 16.9 Å². The largest absolute Gasteiger partial charge is 0.332 e. The summed E-state index contributed by atoms with van der Waals surface area (Å²) in [7, 11) is 0. The van der Waals surface area contributed by atoms with Crippen LogP contribution in [0.2, 0.25) is 0 Å². The first-order valence-electron chi connectivity index (χ1n) is 11.2. The molecule has 0 spiro atoms. The number of hydrogen-bond acceptors (Lipinski definition) is 3. The third-order valence-electron chi connectivity index (χ3n) is 5.42. The van der Waals surface area contributed by atoms with Crippen LogP contribution in [-0.4, -0.2) is 16.9 Å². The summed E-state index contributed by atoms with van der Waals surface area (Å²) in [4.78, 5) is 26.0. The minimum absolute atomic E-state index is 0.156. The van der Waals surface area contributed by atoms with Crippen LogP contribution in [0.5, 0.6) is 0 Å². The molecule has 174 valence electrons. The fourth-order valence-corrected chi connectivity index (χ4v) is 4.02. The van der Waals surface area contributed by atoms with Crippen LogP contribution < -0.4 is 16.0 Å². The average Bonchev–Trinajstić information content (AvgIpc) is 2.85. The summed E-state index contributed by atoms with van der Waals surface area (Å²) in [6, 6.07) is 33.7. The first kappa shape index (κ1) is 23.9. The molecule has 0 fully saturated rings. The zero-order chi connectivity index (χ0) is 24.6. The maximum Gasteiger partial charge on any atom is 0.255 e. The quantitative estimate of drug-likeness (QED) is 0.302. The van der Waals surface area contributed by atoms with Gasteiger partial charge < -0.3 is 16.0 Å². The first-order valence-corrected chi connectivity index (χ1v) is 11.6. The second kappa shape index (κ2) is 11.2. The molecule has 4 aromatic carbocycles.